The Hall–Kier alpha value is 0.107. The Labute approximate surface area is 73.4 Å². The standard InChI is InChI=1S/C8H18OSSi/c1-5-6-10(9)7-8-11(2,3)4/h5-6H,7-8H2,1-4H3. The molecule has 0 aliphatic heterocycles. The first-order chi connectivity index (χ1) is 4.95. The van der Waals surface area contributed by atoms with Crippen LogP contribution in [0.1, 0.15) is 6.92 Å². The minimum absolute atomic E-state index is 0.712. The molecule has 1 nitrogen and oxygen atoms in total. The third-order valence-electron chi connectivity index (χ3n) is 1.34. The van der Waals surface area contributed by atoms with Gasteiger partial charge in [0.15, 0.2) is 0 Å². The van der Waals surface area contributed by atoms with Crippen LogP contribution >= 0.6 is 0 Å². The van der Waals surface area contributed by atoms with Gasteiger partial charge in [-0.05, 0) is 18.4 Å². The van der Waals surface area contributed by atoms with Gasteiger partial charge in [0.2, 0.25) is 0 Å². The molecule has 3 heteroatoms. The summed E-state index contributed by atoms with van der Waals surface area (Å²) in [5.41, 5.74) is 0. The number of hydrogen-bond donors (Lipinski definition) is 0. The summed E-state index contributed by atoms with van der Waals surface area (Å²) in [6.07, 6.45) is 1.86. The van der Waals surface area contributed by atoms with Crippen molar-refractivity contribution in [3.63, 3.8) is 0 Å². The predicted molar refractivity (Wildman–Crippen MR) is 56.0 cm³/mol. The van der Waals surface area contributed by atoms with Crippen LogP contribution in [-0.4, -0.2) is 18.0 Å². The first-order valence-corrected chi connectivity index (χ1v) is 9.04. The monoisotopic (exact) mass is 190 g/mol. The van der Waals surface area contributed by atoms with E-state index in [1.165, 1.54) is 0 Å². The molecular formula is C8H18OSSi. The molecule has 0 N–H and O–H groups in total. The van der Waals surface area contributed by atoms with Crippen molar-refractivity contribution >= 4 is 18.9 Å². The maximum Gasteiger partial charge on any atom is 0.0451 e. The molecule has 0 aromatic carbocycles. The Balaban J connectivity index is 3.63. The van der Waals surface area contributed by atoms with Gasteiger partial charge < -0.3 is 0 Å². The van der Waals surface area contributed by atoms with Crippen molar-refractivity contribution in [2.45, 2.75) is 32.6 Å². The van der Waals surface area contributed by atoms with Gasteiger partial charge in [0.1, 0.15) is 0 Å². The van der Waals surface area contributed by atoms with Crippen LogP contribution in [-0.2, 0) is 10.8 Å². The summed E-state index contributed by atoms with van der Waals surface area (Å²) in [5.74, 6) is 0.847. The van der Waals surface area contributed by atoms with Crippen LogP contribution < -0.4 is 0 Å². The minimum atomic E-state index is -0.976. The molecule has 0 aromatic rings. The van der Waals surface area contributed by atoms with Crippen LogP contribution in [0.5, 0.6) is 0 Å². The molecule has 0 saturated heterocycles. The first-order valence-electron chi connectivity index (χ1n) is 3.96. The number of rotatable bonds is 4. The first kappa shape index (κ1) is 11.1. The average molecular weight is 190 g/mol. The largest absolute Gasteiger partial charge is 0.255 e. The van der Waals surface area contributed by atoms with Gasteiger partial charge in [-0.2, -0.15) is 0 Å². The summed E-state index contributed by atoms with van der Waals surface area (Å²) in [4.78, 5) is 0. The van der Waals surface area contributed by atoms with Gasteiger partial charge in [0.25, 0.3) is 0 Å². The summed E-state index contributed by atoms with van der Waals surface area (Å²) in [5, 5.41) is 1.78. The van der Waals surface area contributed by atoms with E-state index in [0.717, 1.165) is 11.8 Å². The molecule has 0 spiro atoms. The van der Waals surface area contributed by atoms with Crippen LogP contribution in [0.15, 0.2) is 11.5 Å². The fraction of sp³-hybridized carbons (Fsp3) is 0.750. The van der Waals surface area contributed by atoms with Gasteiger partial charge in [0, 0.05) is 24.6 Å². The minimum Gasteiger partial charge on any atom is -0.255 e. The molecule has 1 unspecified atom stereocenters. The Kier molecular flexibility index (Phi) is 4.93. The molecule has 0 heterocycles. The van der Waals surface area contributed by atoms with Gasteiger partial charge in [0.05, 0.1) is 0 Å². The fourth-order valence-corrected chi connectivity index (χ4v) is 4.32. The molecule has 0 amide bonds. The SMILES string of the molecule is CC=CS(=O)CC[Si](C)(C)C. The zero-order chi connectivity index (χ0) is 8.91. The second kappa shape index (κ2) is 4.88. The molecule has 0 bridgehead atoms. The smallest absolute Gasteiger partial charge is 0.0451 e. The molecule has 11 heavy (non-hydrogen) atoms. The summed E-state index contributed by atoms with van der Waals surface area (Å²) in [6, 6.07) is 1.16. The Morgan fingerprint density at radius 2 is 1.91 bits per heavy atom. The molecule has 0 radical (unpaired) electrons. The molecule has 0 saturated carbocycles. The van der Waals surface area contributed by atoms with Crippen LogP contribution in [0, 0.1) is 0 Å². The lowest BCUT2D eigenvalue weighted by Gasteiger charge is -2.13. The van der Waals surface area contributed by atoms with Gasteiger partial charge in [-0.15, -0.1) is 0 Å². The highest BCUT2D eigenvalue weighted by Gasteiger charge is 2.12. The molecule has 1 atom stereocenters. The Bertz CT molecular complexity index is 158. The molecule has 0 aromatic heterocycles. The van der Waals surface area contributed by atoms with E-state index in [1.54, 1.807) is 5.41 Å². The molecule has 0 rings (SSSR count). The van der Waals surface area contributed by atoms with Gasteiger partial charge in [-0.1, -0.05) is 25.7 Å². The van der Waals surface area contributed by atoms with Gasteiger partial charge in [-0.25, -0.2) is 0 Å². The highest BCUT2D eigenvalue weighted by Crippen LogP contribution is 2.08. The van der Waals surface area contributed by atoms with E-state index in [0.29, 0.717) is 0 Å². The zero-order valence-corrected chi connectivity index (χ0v) is 9.70. The van der Waals surface area contributed by atoms with Gasteiger partial charge >= 0.3 is 0 Å². The maximum atomic E-state index is 11.1. The van der Waals surface area contributed by atoms with E-state index < -0.39 is 18.9 Å². The van der Waals surface area contributed by atoms with E-state index in [-0.39, 0.29) is 0 Å². The van der Waals surface area contributed by atoms with E-state index in [4.69, 9.17) is 0 Å². The summed E-state index contributed by atoms with van der Waals surface area (Å²) >= 11 is 0. The van der Waals surface area contributed by atoms with E-state index in [2.05, 4.69) is 19.6 Å². The zero-order valence-electron chi connectivity index (χ0n) is 7.89. The highest BCUT2D eigenvalue weighted by molar-refractivity contribution is 7.88. The van der Waals surface area contributed by atoms with Crippen molar-refractivity contribution in [1.82, 2.24) is 0 Å². The van der Waals surface area contributed by atoms with Crippen LogP contribution in [0.4, 0.5) is 0 Å². The molecule has 66 valence electrons. The predicted octanol–water partition coefficient (Wildman–Crippen LogP) is 2.61. The van der Waals surface area contributed by atoms with Gasteiger partial charge in [-0.3, -0.25) is 4.21 Å². The lowest BCUT2D eigenvalue weighted by molar-refractivity contribution is 0.689. The lowest BCUT2D eigenvalue weighted by Crippen LogP contribution is -2.21. The van der Waals surface area contributed by atoms with Crippen LogP contribution in [0.3, 0.4) is 0 Å². The average Bonchev–Trinajstić information content (AvgIpc) is 1.83. The normalized spacial score (nSPS) is 15.6. The van der Waals surface area contributed by atoms with Crippen molar-refractivity contribution in [2.24, 2.45) is 0 Å². The van der Waals surface area contributed by atoms with Crippen molar-refractivity contribution < 1.29 is 4.21 Å². The Morgan fingerprint density at radius 1 is 1.36 bits per heavy atom. The maximum absolute atomic E-state index is 11.1. The lowest BCUT2D eigenvalue weighted by atomic mass is 10.8. The van der Waals surface area contributed by atoms with Crippen LogP contribution in [0.25, 0.3) is 0 Å². The summed E-state index contributed by atoms with van der Waals surface area (Å²) in [7, 11) is -1.69. The number of allylic oxidation sites excluding steroid dienone is 1. The topological polar surface area (TPSA) is 17.1 Å². The highest BCUT2D eigenvalue weighted by atomic mass is 32.2. The van der Waals surface area contributed by atoms with E-state index >= 15 is 0 Å². The quantitative estimate of drug-likeness (QED) is 0.623. The third-order valence-corrected chi connectivity index (χ3v) is 4.64. The molecule has 0 fully saturated rings. The fourth-order valence-electron chi connectivity index (χ4n) is 0.627. The molecule has 0 aliphatic rings. The summed E-state index contributed by atoms with van der Waals surface area (Å²) in [6.45, 7) is 8.83. The van der Waals surface area contributed by atoms with E-state index in [1.807, 2.05) is 13.0 Å². The van der Waals surface area contributed by atoms with Crippen molar-refractivity contribution in [3.05, 3.63) is 11.5 Å². The second-order valence-electron chi connectivity index (χ2n) is 3.86. The van der Waals surface area contributed by atoms with Crippen LogP contribution in [0.2, 0.25) is 25.7 Å². The third kappa shape index (κ3) is 8.01. The van der Waals surface area contributed by atoms with Crippen molar-refractivity contribution in [2.75, 3.05) is 5.75 Å². The van der Waals surface area contributed by atoms with Crippen molar-refractivity contribution in [3.8, 4) is 0 Å². The molecule has 0 aliphatic carbocycles. The van der Waals surface area contributed by atoms with Crippen molar-refractivity contribution in [1.29, 1.82) is 0 Å². The number of hydrogen-bond acceptors (Lipinski definition) is 1. The van der Waals surface area contributed by atoms with E-state index in [9.17, 15) is 4.21 Å². The Morgan fingerprint density at radius 3 is 2.27 bits per heavy atom. The second-order valence-corrected chi connectivity index (χ2v) is 10.9. The summed E-state index contributed by atoms with van der Waals surface area (Å²) < 4.78 is 11.1. The molecular weight excluding hydrogens is 172 g/mol.